The van der Waals surface area contributed by atoms with Gasteiger partial charge >= 0.3 is 0 Å². The first kappa shape index (κ1) is 9.29. The maximum atomic E-state index is 9.45. The molecular formula is C13H12N2O. The van der Waals surface area contributed by atoms with E-state index in [0.29, 0.717) is 11.5 Å². The Kier molecular flexibility index (Phi) is 1.90. The standard InChI is InChI=1S/C13H12N2O/c14-7-11-10-6-9(16)4-5-12(10)15-13(11)8-2-1-3-8/h4-6,8,15-16H,1-3H2. The number of nitrogens with one attached hydrogen (secondary N) is 1. The van der Waals surface area contributed by atoms with Crippen molar-refractivity contribution < 1.29 is 5.11 Å². The maximum absolute atomic E-state index is 9.45. The van der Waals surface area contributed by atoms with Gasteiger partial charge in [0.15, 0.2) is 0 Å². The molecule has 1 aromatic heterocycles. The number of benzene rings is 1. The number of H-pyrrole nitrogens is 1. The fourth-order valence-electron chi connectivity index (χ4n) is 2.32. The summed E-state index contributed by atoms with van der Waals surface area (Å²) in [5.41, 5.74) is 2.70. The van der Waals surface area contributed by atoms with E-state index in [2.05, 4.69) is 11.1 Å². The van der Waals surface area contributed by atoms with Crippen LogP contribution in [0.1, 0.15) is 36.4 Å². The minimum atomic E-state index is 0.211. The van der Waals surface area contributed by atoms with Gasteiger partial charge in [-0.1, -0.05) is 6.42 Å². The van der Waals surface area contributed by atoms with E-state index >= 15 is 0 Å². The van der Waals surface area contributed by atoms with Gasteiger partial charge < -0.3 is 10.1 Å². The Bertz CT molecular complexity index is 588. The van der Waals surface area contributed by atoms with Crippen LogP contribution in [-0.2, 0) is 0 Å². The predicted molar refractivity (Wildman–Crippen MR) is 61.3 cm³/mol. The summed E-state index contributed by atoms with van der Waals surface area (Å²) in [6.07, 6.45) is 3.57. The van der Waals surface area contributed by atoms with Crippen LogP contribution in [0.5, 0.6) is 5.75 Å². The van der Waals surface area contributed by atoms with Gasteiger partial charge in [0.2, 0.25) is 0 Å². The van der Waals surface area contributed by atoms with Gasteiger partial charge in [0.25, 0.3) is 0 Å². The number of phenols is 1. The van der Waals surface area contributed by atoms with E-state index in [-0.39, 0.29) is 5.75 Å². The minimum absolute atomic E-state index is 0.211. The highest BCUT2D eigenvalue weighted by molar-refractivity contribution is 5.88. The van der Waals surface area contributed by atoms with Gasteiger partial charge in [0.1, 0.15) is 11.8 Å². The van der Waals surface area contributed by atoms with E-state index in [1.54, 1.807) is 12.1 Å². The van der Waals surface area contributed by atoms with Crippen LogP contribution in [0.4, 0.5) is 0 Å². The maximum Gasteiger partial charge on any atom is 0.116 e. The molecule has 0 aliphatic heterocycles. The third-order valence-corrected chi connectivity index (χ3v) is 3.44. The fourth-order valence-corrected chi connectivity index (χ4v) is 2.32. The number of aromatic nitrogens is 1. The van der Waals surface area contributed by atoms with E-state index < -0.39 is 0 Å². The molecule has 1 aromatic carbocycles. The molecule has 0 bridgehead atoms. The van der Waals surface area contributed by atoms with Crippen molar-refractivity contribution in [2.45, 2.75) is 25.2 Å². The predicted octanol–water partition coefficient (Wildman–Crippen LogP) is 3.01. The molecule has 16 heavy (non-hydrogen) atoms. The monoisotopic (exact) mass is 212 g/mol. The summed E-state index contributed by atoms with van der Waals surface area (Å²) in [6, 6.07) is 7.38. The second-order valence-corrected chi connectivity index (χ2v) is 4.38. The molecule has 1 aliphatic rings. The molecule has 0 atom stereocenters. The molecule has 1 saturated carbocycles. The van der Waals surface area contributed by atoms with Gasteiger partial charge in [-0.3, -0.25) is 0 Å². The van der Waals surface area contributed by atoms with Crippen molar-refractivity contribution in [3.8, 4) is 11.8 Å². The first-order chi connectivity index (χ1) is 7.79. The zero-order chi connectivity index (χ0) is 11.1. The Labute approximate surface area is 93.3 Å². The van der Waals surface area contributed by atoms with Crippen LogP contribution in [0.15, 0.2) is 18.2 Å². The first-order valence-corrected chi connectivity index (χ1v) is 5.54. The van der Waals surface area contributed by atoms with E-state index in [9.17, 15) is 10.4 Å². The van der Waals surface area contributed by atoms with Crippen LogP contribution in [0.2, 0.25) is 0 Å². The van der Waals surface area contributed by atoms with E-state index in [1.807, 2.05) is 6.07 Å². The molecule has 3 rings (SSSR count). The Hall–Kier alpha value is -1.95. The lowest BCUT2D eigenvalue weighted by Crippen LogP contribution is -2.10. The Morgan fingerprint density at radius 1 is 1.38 bits per heavy atom. The summed E-state index contributed by atoms with van der Waals surface area (Å²) < 4.78 is 0. The number of hydrogen-bond donors (Lipinski definition) is 2. The molecule has 2 N–H and O–H groups in total. The zero-order valence-electron chi connectivity index (χ0n) is 8.83. The minimum Gasteiger partial charge on any atom is -0.508 e. The van der Waals surface area contributed by atoms with E-state index in [4.69, 9.17) is 0 Å². The van der Waals surface area contributed by atoms with Crippen molar-refractivity contribution in [1.82, 2.24) is 4.98 Å². The van der Waals surface area contributed by atoms with Gasteiger partial charge in [-0.05, 0) is 31.0 Å². The van der Waals surface area contributed by atoms with E-state index in [0.717, 1.165) is 29.4 Å². The van der Waals surface area contributed by atoms with Gasteiger partial charge in [0.05, 0.1) is 5.56 Å². The summed E-state index contributed by atoms with van der Waals surface area (Å²) in [7, 11) is 0. The highest BCUT2D eigenvalue weighted by Gasteiger charge is 2.25. The lowest BCUT2D eigenvalue weighted by Gasteiger charge is -2.24. The third kappa shape index (κ3) is 1.20. The summed E-state index contributed by atoms with van der Waals surface area (Å²) in [5, 5.41) is 19.5. The molecule has 80 valence electrons. The Morgan fingerprint density at radius 2 is 2.19 bits per heavy atom. The average molecular weight is 212 g/mol. The highest BCUT2D eigenvalue weighted by Crippen LogP contribution is 2.40. The molecule has 1 aliphatic carbocycles. The smallest absolute Gasteiger partial charge is 0.116 e. The Balaban J connectivity index is 2.25. The molecule has 0 radical (unpaired) electrons. The normalized spacial score (nSPS) is 15.9. The van der Waals surface area contributed by atoms with Crippen LogP contribution in [-0.4, -0.2) is 10.1 Å². The number of nitriles is 1. The summed E-state index contributed by atoms with van der Waals surface area (Å²) in [6.45, 7) is 0. The average Bonchev–Trinajstić information content (AvgIpc) is 2.52. The zero-order valence-corrected chi connectivity index (χ0v) is 8.83. The molecule has 1 heterocycles. The van der Waals surface area contributed by atoms with E-state index in [1.165, 1.54) is 6.42 Å². The van der Waals surface area contributed by atoms with Crippen LogP contribution in [0.3, 0.4) is 0 Å². The lowest BCUT2D eigenvalue weighted by atomic mass is 9.81. The molecule has 1 fully saturated rings. The van der Waals surface area contributed by atoms with Crippen molar-refractivity contribution in [3.63, 3.8) is 0 Å². The van der Waals surface area contributed by atoms with Crippen molar-refractivity contribution in [2.75, 3.05) is 0 Å². The summed E-state index contributed by atoms with van der Waals surface area (Å²) in [4.78, 5) is 3.31. The Morgan fingerprint density at radius 3 is 2.81 bits per heavy atom. The van der Waals surface area contributed by atoms with Gasteiger partial charge in [-0.25, -0.2) is 0 Å². The number of fused-ring (bicyclic) bond motifs is 1. The number of rotatable bonds is 1. The first-order valence-electron chi connectivity index (χ1n) is 5.54. The van der Waals surface area contributed by atoms with Gasteiger partial charge in [0, 0.05) is 22.5 Å². The second kappa shape index (κ2) is 3.28. The largest absolute Gasteiger partial charge is 0.508 e. The number of phenolic OH excluding ortho intramolecular Hbond substituents is 1. The topological polar surface area (TPSA) is 59.8 Å². The van der Waals surface area contributed by atoms with Crippen molar-refractivity contribution in [2.24, 2.45) is 0 Å². The third-order valence-electron chi connectivity index (χ3n) is 3.44. The second-order valence-electron chi connectivity index (χ2n) is 4.38. The molecule has 0 saturated heterocycles. The summed E-state index contributed by atoms with van der Waals surface area (Å²) in [5.74, 6) is 0.715. The van der Waals surface area contributed by atoms with Crippen LogP contribution in [0, 0.1) is 11.3 Å². The number of aromatic amines is 1. The SMILES string of the molecule is N#Cc1c(C2CCC2)[nH]c2ccc(O)cc12. The van der Waals surface area contributed by atoms with Crippen molar-refractivity contribution in [1.29, 1.82) is 5.26 Å². The molecule has 0 unspecified atom stereocenters. The quantitative estimate of drug-likeness (QED) is 0.763. The highest BCUT2D eigenvalue weighted by atomic mass is 16.3. The number of hydrogen-bond acceptors (Lipinski definition) is 2. The van der Waals surface area contributed by atoms with Crippen LogP contribution >= 0.6 is 0 Å². The summed E-state index contributed by atoms with van der Waals surface area (Å²) >= 11 is 0. The molecule has 0 amide bonds. The van der Waals surface area contributed by atoms with Crippen LogP contribution in [0.25, 0.3) is 10.9 Å². The fraction of sp³-hybridized carbons (Fsp3) is 0.308. The molecule has 0 spiro atoms. The number of aromatic hydroxyl groups is 1. The molecular weight excluding hydrogens is 200 g/mol. The van der Waals surface area contributed by atoms with Crippen LogP contribution < -0.4 is 0 Å². The van der Waals surface area contributed by atoms with Crippen molar-refractivity contribution >= 4 is 10.9 Å². The molecule has 2 aromatic rings. The van der Waals surface area contributed by atoms with Gasteiger partial charge in [-0.15, -0.1) is 0 Å². The lowest BCUT2D eigenvalue weighted by molar-refractivity contribution is 0.412. The van der Waals surface area contributed by atoms with Crippen molar-refractivity contribution in [3.05, 3.63) is 29.5 Å². The van der Waals surface area contributed by atoms with Gasteiger partial charge in [-0.2, -0.15) is 5.26 Å². The number of nitrogens with zero attached hydrogens (tertiary/aromatic N) is 1. The molecule has 3 nitrogen and oxygen atoms in total. The molecule has 3 heteroatoms.